The molecule has 174 valence electrons. The van der Waals surface area contributed by atoms with Gasteiger partial charge in [0, 0.05) is 0 Å². The normalized spacial score (nSPS) is 21.7. The van der Waals surface area contributed by atoms with E-state index in [9.17, 15) is 14.7 Å². The summed E-state index contributed by atoms with van der Waals surface area (Å²) in [4.78, 5) is 34.4. The zero-order valence-electron chi connectivity index (χ0n) is 18.8. The summed E-state index contributed by atoms with van der Waals surface area (Å²) in [6, 6.07) is 22.5. The Hall–Kier alpha value is -3.84. The number of amides is 2. The highest BCUT2D eigenvalue weighted by molar-refractivity contribution is 6.23. The SMILES string of the molecule is CCCCOc1ccc(N2C(=O)[C@H]3[C@@H](c4ccc(O)cc4)N(c4ccccc4)O[C@H]3C2=O)cc1. The minimum Gasteiger partial charge on any atom is -0.508 e. The molecule has 0 radical (unpaired) electrons. The molecule has 2 aliphatic heterocycles. The van der Waals surface area contributed by atoms with Gasteiger partial charge in [-0.15, -0.1) is 0 Å². The number of carbonyl (C=O) groups excluding carboxylic acids is 2. The van der Waals surface area contributed by atoms with Crippen LogP contribution in [0.15, 0.2) is 78.9 Å². The second-order valence-corrected chi connectivity index (χ2v) is 8.46. The van der Waals surface area contributed by atoms with Crippen LogP contribution in [0.1, 0.15) is 31.4 Å². The van der Waals surface area contributed by atoms with Crippen molar-refractivity contribution < 1.29 is 24.3 Å². The lowest BCUT2D eigenvalue weighted by Crippen LogP contribution is -2.37. The molecule has 2 amide bonds. The Labute approximate surface area is 198 Å². The molecule has 0 bridgehead atoms. The Bertz CT molecular complexity index is 1160. The number of phenolic OH excluding ortho intramolecular Hbond substituents is 1. The van der Waals surface area contributed by atoms with E-state index in [1.807, 2.05) is 30.3 Å². The molecule has 2 fully saturated rings. The molecular formula is C27H26N2O5. The number of para-hydroxylation sites is 1. The summed E-state index contributed by atoms with van der Waals surface area (Å²) >= 11 is 0. The zero-order chi connectivity index (χ0) is 23.7. The van der Waals surface area contributed by atoms with Crippen molar-refractivity contribution in [2.75, 3.05) is 16.6 Å². The number of phenols is 1. The highest BCUT2D eigenvalue weighted by Gasteiger charge is 2.60. The van der Waals surface area contributed by atoms with Gasteiger partial charge < -0.3 is 9.84 Å². The molecular weight excluding hydrogens is 432 g/mol. The summed E-state index contributed by atoms with van der Waals surface area (Å²) in [5.41, 5.74) is 2.01. The van der Waals surface area contributed by atoms with Crippen LogP contribution >= 0.6 is 0 Å². The maximum atomic E-state index is 13.6. The van der Waals surface area contributed by atoms with Gasteiger partial charge in [0.2, 0.25) is 5.91 Å². The number of aromatic hydroxyl groups is 1. The summed E-state index contributed by atoms with van der Waals surface area (Å²) in [6.45, 7) is 2.72. The second kappa shape index (κ2) is 9.19. The fraction of sp³-hybridized carbons (Fsp3) is 0.259. The molecule has 0 saturated carbocycles. The lowest BCUT2D eigenvalue weighted by atomic mass is 9.90. The van der Waals surface area contributed by atoms with Gasteiger partial charge in [0.15, 0.2) is 6.10 Å². The van der Waals surface area contributed by atoms with Crippen LogP contribution in [0.5, 0.6) is 11.5 Å². The molecule has 0 aliphatic carbocycles. The zero-order valence-corrected chi connectivity index (χ0v) is 18.8. The van der Waals surface area contributed by atoms with E-state index in [0.29, 0.717) is 18.0 Å². The number of anilines is 2. The molecule has 34 heavy (non-hydrogen) atoms. The van der Waals surface area contributed by atoms with E-state index >= 15 is 0 Å². The number of hydrogen-bond acceptors (Lipinski definition) is 6. The molecule has 2 heterocycles. The first-order valence-electron chi connectivity index (χ1n) is 11.5. The van der Waals surface area contributed by atoms with Crippen molar-refractivity contribution in [3.63, 3.8) is 0 Å². The molecule has 7 heteroatoms. The summed E-state index contributed by atoms with van der Waals surface area (Å²) in [5, 5.41) is 11.4. The van der Waals surface area contributed by atoms with Crippen LogP contribution in [0.2, 0.25) is 0 Å². The third kappa shape index (κ3) is 3.88. The van der Waals surface area contributed by atoms with Crippen molar-refractivity contribution >= 4 is 23.2 Å². The van der Waals surface area contributed by atoms with Gasteiger partial charge in [-0.1, -0.05) is 43.7 Å². The smallest absolute Gasteiger partial charge is 0.266 e. The molecule has 0 aromatic heterocycles. The van der Waals surface area contributed by atoms with Crippen molar-refractivity contribution in [1.82, 2.24) is 0 Å². The molecule has 2 aliphatic rings. The van der Waals surface area contributed by atoms with Gasteiger partial charge in [-0.2, -0.15) is 0 Å². The van der Waals surface area contributed by atoms with Crippen LogP contribution in [-0.2, 0) is 14.4 Å². The molecule has 0 unspecified atom stereocenters. The summed E-state index contributed by atoms with van der Waals surface area (Å²) in [5.74, 6) is -0.604. The van der Waals surface area contributed by atoms with Crippen molar-refractivity contribution in [3.05, 3.63) is 84.4 Å². The molecule has 5 rings (SSSR count). The van der Waals surface area contributed by atoms with Gasteiger partial charge in [-0.3, -0.25) is 14.4 Å². The Balaban J connectivity index is 1.46. The molecule has 3 aromatic rings. The van der Waals surface area contributed by atoms with Crippen LogP contribution in [0.3, 0.4) is 0 Å². The van der Waals surface area contributed by atoms with E-state index in [2.05, 4.69) is 6.92 Å². The lowest BCUT2D eigenvalue weighted by Gasteiger charge is -2.28. The monoisotopic (exact) mass is 458 g/mol. The number of hydroxylamine groups is 1. The van der Waals surface area contributed by atoms with Gasteiger partial charge in [0.25, 0.3) is 5.91 Å². The fourth-order valence-electron chi connectivity index (χ4n) is 4.50. The van der Waals surface area contributed by atoms with E-state index in [1.165, 1.54) is 4.90 Å². The number of benzene rings is 3. The number of hydrogen-bond donors (Lipinski definition) is 1. The predicted molar refractivity (Wildman–Crippen MR) is 127 cm³/mol. The van der Waals surface area contributed by atoms with Gasteiger partial charge in [-0.25, -0.2) is 9.96 Å². The second-order valence-electron chi connectivity index (χ2n) is 8.46. The quantitative estimate of drug-likeness (QED) is 0.411. The van der Waals surface area contributed by atoms with E-state index < -0.39 is 24.0 Å². The maximum absolute atomic E-state index is 13.6. The Kier molecular flexibility index (Phi) is 5.94. The van der Waals surface area contributed by atoms with E-state index in [4.69, 9.17) is 9.57 Å². The van der Waals surface area contributed by atoms with Crippen LogP contribution in [-0.4, -0.2) is 29.6 Å². The molecule has 2 saturated heterocycles. The summed E-state index contributed by atoms with van der Waals surface area (Å²) in [7, 11) is 0. The van der Waals surface area contributed by atoms with Gasteiger partial charge in [-0.05, 0) is 60.5 Å². The van der Waals surface area contributed by atoms with Gasteiger partial charge in [0.05, 0.1) is 24.0 Å². The Morgan fingerprint density at radius 1 is 0.882 bits per heavy atom. The first kappa shape index (κ1) is 22.0. The van der Waals surface area contributed by atoms with Crippen LogP contribution in [0.4, 0.5) is 11.4 Å². The number of fused-ring (bicyclic) bond motifs is 1. The molecule has 0 spiro atoms. The molecule has 3 atom stereocenters. The standard InChI is InChI=1S/C27H26N2O5/c1-2-3-17-33-22-15-11-19(12-16-22)28-26(31)23-24(18-9-13-21(30)14-10-18)29(34-25(23)27(28)32)20-7-5-4-6-8-20/h4-16,23-25,30H,2-3,17H2,1H3/t23-,24+,25+/m0/s1. The van der Waals surface area contributed by atoms with Crippen LogP contribution in [0.25, 0.3) is 0 Å². The number of ether oxygens (including phenoxy) is 1. The topological polar surface area (TPSA) is 79.3 Å². The minimum absolute atomic E-state index is 0.127. The summed E-state index contributed by atoms with van der Waals surface area (Å²) < 4.78 is 5.70. The van der Waals surface area contributed by atoms with Crippen molar-refractivity contribution in [2.45, 2.75) is 31.9 Å². The first-order valence-corrected chi connectivity index (χ1v) is 11.5. The van der Waals surface area contributed by atoms with Gasteiger partial charge >= 0.3 is 0 Å². The fourth-order valence-corrected chi connectivity index (χ4v) is 4.50. The highest BCUT2D eigenvalue weighted by Crippen LogP contribution is 2.47. The number of rotatable bonds is 7. The Morgan fingerprint density at radius 3 is 2.26 bits per heavy atom. The third-order valence-corrected chi connectivity index (χ3v) is 6.22. The highest BCUT2D eigenvalue weighted by atomic mass is 16.7. The van der Waals surface area contributed by atoms with Crippen molar-refractivity contribution in [2.24, 2.45) is 5.92 Å². The molecule has 1 N–H and O–H groups in total. The van der Waals surface area contributed by atoms with Gasteiger partial charge in [0.1, 0.15) is 17.4 Å². The maximum Gasteiger partial charge on any atom is 0.266 e. The lowest BCUT2D eigenvalue weighted by molar-refractivity contribution is -0.126. The van der Waals surface area contributed by atoms with E-state index in [-0.39, 0.29) is 11.7 Å². The molecule has 3 aromatic carbocycles. The average Bonchev–Trinajstić information content (AvgIpc) is 3.37. The van der Waals surface area contributed by atoms with Crippen LogP contribution < -0.4 is 14.7 Å². The Morgan fingerprint density at radius 2 is 1.59 bits per heavy atom. The van der Waals surface area contributed by atoms with E-state index in [0.717, 1.165) is 24.1 Å². The number of nitrogens with zero attached hydrogens (tertiary/aromatic N) is 2. The minimum atomic E-state index is -0.938. The summed E-state index contributed by atoms with van der Waals surface area (Å²) in [6.07, 6.45) is 1.06. The predicted octanol–water partition coefficient (Wildman–Crippen LogP) is 4.62. The van der Waals surface area contributed by atoms with Crippen molar-refractivity contribution in [1.29, 1.82) is 0 Å². The van der Waals surface area contributed by atoms with Crippen LogP contribution in [0, 0.1) is 5.92 Å². The largest absolute Gasteiger partial charge is 0.508 e. The van der Waals surface area contributed by atoms with E-state index in [1.54, 1.807) is 53.6 Å². The first-order chi connectivity index (χ1) is 16.6. The van der Waals surface area contributed by atoms with Crippen molar-refractivity contribution in [3.8, 4) is 11.5 Å². The number of carbonyl (C=O) groups is 2. The third-order valence-electron chi connectivity index (χ3n) is 6.22. The average molecular weight is 459 g/mol. The number of imide groups is 1. The molecule has 7 nitrogen and oxygen atoms in total. The number of unbranched alkanes of at least 4 members (excludes halogenated alkanes) is 1.